The Labute approximate surface area is 128 Å². The molecule has 0 aromatic heterocycles. The van der Waals surface area contributed by atoms with Crippen molar-refractivity contribution in [2.75, 3.05) is 28.4 Å². The van der Waals surface area contributed by atoms with Crippen molar-refractivity contribution in [2.24, 2.45) is 0 Å². The van der Waals surface area contributed by atoms with E-state index in [9.17, 15) is 0 Å². The summed E-state index contributed by atoms with van der Waals surface area (Å²) in [7, 11) is 0.574. The van der Waals surface area contributed by atoms with Crippen LogP contribution in [0.1, 0.15) is 0 Å². The van der Waals surface area contributed by atoms with Crippen LogP contribution in [0, 0.1) is 0 Å². The van der Waals surface area contributed by atoms with Gasteiger partial charge in [-0.15, -0.1) is 0 Å². The second kappa shape index (κ2) is 6.45. The predicted octanol–water partition coefficient (Wildman–Crippen LogP) is 3.04. The van der Waals surface area contributed by atoms with E-state index in [1.54, 1.807) is 0 Å². The lowest BCUT2D eigenvalue weighted by Gasteiger charge is -2.46. The molecule has 0 N–H and O–H groups in total. The maximum atomic E-state index is 6.03. The van der Waals surface area contributed by atoms with Gasteiger partial charge in [0.05, 0.1) is 0 Å². The van der Waals surface area contributed by atoms with Gasteiger partial charge in [0.1, 0.15) is 0 Å². The van der Waals surface area contributed by atoms with Crippen LogP contribution in [0.2, 0.25) is 48.9 Å². The summed E-state index contributed by atoms with van der Waals surface area (Å²) in [5.74, 6) is 0. The zero-order valence-corrected chi connectivity index (χ0v) is 18.5. The van der Waals surface area contributed by atoms with Gasteiger partial charge in [-0.3, -0.25) is 0 Å². The smallest absolute Gasteiger partial charge is 0.188 e. The maximum absolute atomic E-state index is 6.03. The molecule has 0 amide bonds. The van der Waals surface area contributed by atoms with Crippen LogP contribution in [0.4, 0.5) is 0 Å². The van der Waals surface area contributed by atoms with Crippen LogP contribution in [0.25, 0.3) is 0 Å². The summed E-state index contributed by atoms with van der Waals surface area (Å²) in [4.78, 5) is 0. The Bertz CT molecular complexity index is 267. The third-order valence-electron chi connectivity index (χ3n) is 4.96. The second-order valence-corrected chi connectivity index (χ2v) is 26.2. The van der Waals surface area contributed by atoms with E-state index < -0.39 is 33.3 Å². The van der Waals surface area contributed by atoms with Crippen molar-refractivity contribution >= 4 is 33.3 Å². The van der Waals surface area contributed by atoms with Gasteiger partial charge in [0, 0.05) is 28.4 Å². The average molecular weight is 353 g/mol. The first kappa shape index (κ1) is 18.8. The molecular formula is C12H32O4Si4. The summed E-state index contributed by atoms with van der Waals surface area (Å²) in [5, 5.41) is 0. The Hall–Kier alpha value is 0.708. The summed E-state index contributed by atoms with van der Waals surface area (Å²) in [5.41, 5.74) is 4.63. The Morgan fingerprint density at radius 1 is 0.450 bits per heavy atom. The molecule has 1 rings (SSSR count). The zero-order valence-electron chi connectivity index (χ0n) is 14.5. The quantitative estimate of drug-likeness (QED) is 0.729. The maximum Gasteiger partial charge on any atom is 0.188 e. The Balaban J connectivity index is 3.18. The van der Waals surface area contributed by atoms with Gasteiger partial charge in [0.15, 0.2) is 33.3 Å². The van der Waals surface area contributed by atoms with E-state index in [0.717, 1.165) is 22.7 Å². The van der Waals surface area contributed by atoms with Gasteiger partial charge in [-0.2, -0.15) is 0 Å². The molecular weight excluding hydrogens is 320 g/mol. The minimum absolute atomic E-state index is 1.16. The van der Waals surface area contributed by atoms with Crippen LogP contribution in [0.15, 0.2) is 0 Å². The second-order valence-electron chi connectivity index (χ2n) is 7.32. The molecule has 1 heterocycles. The highest BCUT2D eigenvalue weighted by atomic mass is 28.5. The van der Waals surface area contributed by atoms with Crippen LogP contribution in [0.3, 0.4) is 0 Å². The highest BCUT2D eigenvalue weighted by Gasteiger charge is 2.55. The molecule has 4 nitrogen and oxygen atoms in total. The van der Waals surface area contributed by atoms with E-state index in [0.29, 0.717) is 0 Å². The fourth-order valence-corrected chi connectivity index (χ4v) is 40.4. The average Bonchev–Trinajstić information content (AvgIpc) is 2.36. The summed E-state index contributed by atoms with van der Waals surface area (Å²) < 4.78 is 24.1. The summed E-state index contributed by atoms with van der Waals surface area (Å²) >= 11 is 0. The van der Waals surface area contributed by atoms with E-state index in [1.165, 1.54) is 0 Å². The topological polar surface area (TPSA) is 36.9 Å². The van der Waals surface area contributed by atoms with Crippen LogP contribution in [-0.2, 0) is 17.7 Å². The van der Waals surface area contributed by atoms with Crippen LogP contribution < -0.4 is 0 Å². The minimum Gasteiger partial charge on any atom is -0.421 e. The molecule has 1 fully saturated rings. The van der Waals surface area contributed by atoms with Crippen molar-refractivity contribution in [1.82, 2.24) is 0 Å². The van der Waals surface area contributed by atoms with Gasteiger partial charge in [0.25, 0.3) is 0 Å². The molecule has 0 radical (unpaired) electrons. The van der Waals surface area contributed by atoms with Crippen molar-refractivity contribution in [3.05, 3.63) is 0 Å². The molecule has 0 atom stereocenters. The monoisotopic (exact) mass is 352 g/mol. The lowest BCUT2D eigenvalue weighted by Crippen LogP contribution is -2.61. The van der Waals surface area contributed by atoms with Gasteiger partial charge in [-0.1, -0.05) is 0 Å². The normalized spacial score (nSPS) is 46.8. The summed E-state index contributed by atoms with van der Waals surface area (Å²) in [6.45, 7) is 9.44. The first-order chi connectivity index (χ1) is 9.07. The third-order valence-corrected chi connectivity index (χ3v) is 32.8. The first-order valence-corrected chi connectivity index (χ1v) is 18.6. The van der Waals surface area contributed by atoms with Crippen molar-refractivity contribution in [3.8, 4) is 0 Å². The summed E-state index contributed by atoms with van der Waals surface area (Å²) in [6.07, 6.45) is 0. The lowest BCUT2D eigenvalue weighted by atomic mass is 11.7. The lowest BCUT2D eigenvalue weighted by molar-refractivity contribution is 0.361. The van der Waals surface area contributed by atoms with E-state index in [-0.39, 0.29) is 0 Å². The predicted molar refractivity (Wildman–Crippen MR) is 93.7 cm³/mol. The van der Waals surface area contributed by atoms with Crippen molar-refractivity contribution in [3.63, 3.8) is 0 Å². The Kier molecular flexibility index (Phi) is 6.05. The van der Waals surface area contributed by atoms with Crippen molar-refractivity contribution < 1.29 is 17.7 Å². The molecule has 0 bridgehead atoms. The minimum atomic E-state index is -1.74. The molecule has 1 saturated heterocycles. The molecule has 0 aliphatic carbocycles. The molecule has 1 aliphatic rings. The molecule has 0 aromatic rings. The number of hydrogen-bond acceptors (Lipinski definition) is 4. The van der Waals surface area contributed by atoms with Gasteiger partial charge >= 0.3 is 0 Å². The van der Waals surface area contributed by atoms with Crippen molar-refractivity contribution in [1.29, 1.82) is 0 Å². The van der Waals surface area contributed by atoms with E-state index in [4.69, 9.17) is 17.7 Å². The van der Waals surface area contributed by atoms with Crippen molar-refractivity contribution in [2.45, 2.75) is 48.9 Å². The zero-order chi connectivity index (χ0) is 15.7. The molecule has 120 valence electrons. The molecule has 0 aromatic carbocycles. The Morgan fingerprint density at radius 3 is 0.700 bits per heavy atom. The Morgan fingerprint density at radius 2 is 0.600 bits per heavy atom. The number of hydrogen-bond donors (Lipinski definition) is 0. The van der Waals surface area contributed by atoms with Crippen LogP contribution >= 0.6 is 0 Å². The molecule has 8 heteroatoms. The fraction of sp³-hybridized carbons (Fsp3) is 1.00. The van der Waals surface area contributed by atoms with Gasteiger partial charge in [-0.05, 0) is 48.9 Å². The SMILES string of the molecule is CO[Si]1(C)C[Si](C)(OC)C[Si](C)(OC)C[Si](C)(OC)C1. The fourth-order valence-electron chi connectivity index (χ4n) is 3.99. The highest BCUT2D eigenvalue weighted by molar-refractivity contribution is 7.08. The van der Waals surface area contributed by atoms with E-state index >= 15 is 0 Å². The van der Waals surface area contributed by atoms with E-state index in [2.05, 4.69) is 26.2 Å². The molecule has 0 unspecified atom stereocenters. The van der Waals surface area contributed by atoms with Gasteiger partial charge < -0.3 is 17.7 Å². The van der Waals surface area contributed by atoms with Gasteiger partial charge in [0.2, 0.25) is 0 Å². The molecule has 0 saturated carbocycles. The largest absolute Gasteiger partial charge is 0.421 e. The molecule has 0 spiro atoms. The van der Waals surface area contributed by atoms with Crippen LogP contribution in [-0.4, -0.2) is 61.7 Å². The molecule has 1 aliphatic heterocycles. The summed E-state index contributed by atoms with van der Waals surface area (Å²) in [6, 6.07) is 0. The number of rotatable bonds is 4. The highest BCUT2D eigenvalue weighted by Crippen LogP contribution is 2.41. The molecule has 20 heavy (non-hydrogen) atoms. The van der Waals surface area contributed by atoms with E-state index in [1.807, 2.05) is 28.4 Å². The standard InChI is InChI=1S/C12H32O4Si4/c1-13-17(5)9-18(6,14-2)11-20(8,16-4)12-19(7,10-17)15-3/h9-12H2,1-8H3. The first-order valence-electron chi connectivity index (χ1n) is 7.28. The van der Waals surface area contributed by atoms with Crippen LogP contribution in [0.5, 0.6) is 0 Å². The third kappa shape index (κ3) is 4.35. The van der Waals surface area contributed by atoms with Gasteiger partial charge in [-0.25, -0.2) is 0 Å².